The first-order chi connectivity index (χ1) is 16.7. The average molecular weight is 459 g/mol. The van der Waals surface area contributed by atoms with Gasteiger partial charge in [0.2, 0.25) is 0 Å². The minimum absolute atomic E-state index is 0.319. The summed E-state index contributed by atoms with van der Waals surface area (Å²) in [6, 6.07) is 18.4. The molecule has 0 radical (unpaired) electrons. The number of ether oxygens (including phenoxy) is 1. The summed E-state index contributed by atoms with van der Waals surface area (Å²) in [4.78, 5) is 0. The van der Waals surface area contributed by atoms with Gasteiger partial charge in [-0.1, -0.05) is 113 Å². The number of hydrogen-bond acceptors (Lipinski definition) is 1. The molecule has 4 rings (SSSR count). The Morgan fingerprint density at radius 1 is 0.676 bits per heavy atom. The van der Waals surface area contributed by atoms with Gasteiger partial charge in [-0.2, -0.15) is 0 Å². The summed E-state index contributed by atoms with van der Waals surface area (Å²) in [5, 5.41) is 0. The van der Waals surface area contributed by atoms with Crippen LogP contribution in [0.3, 0.4) is 0 Å². The van der Waals surface area contributed by atoms with Gasteiger partial charge in [-0.05, 0) is 72.6 Å². The number of aryl methyl sites for hydroxylation is 1. The summed E-state index contributed by atoms with van der Waals surface area (Å²) < 4.78 is 6.33. The van der Waals surface area contributed by atoms with E-state index in [0.717, 1.165) is 24.9 Å². The van der Waals surface area contributed by atoms with Crippen LogP contribution < -0.4 is 0 Å². The predicted octanol–water partition coefficient (Wildman–Crippen LogP) is 9.51. The maximum absolute atomic E-state index is 6.33. The van der Waals surface area contributed by atoms with E-state index in [-0.39, 0.29) is 0 Å². The smallest absolute Gasteiger partial charge is 0.0756 e. The molecule has 184 valence electrons. The van der Waals surface area contributed by atoms with Gasteiger partial charge >= 0.3 is 0 Å². The van der Waals surface area contributed by atoms with Gasteiger partial charge in [0.25, 0.3) is 0 Å². The Morgan fingerprint density at radius 2 is 1.35 bits per heavy atom. The van der Waals surface area contributed by atoms with Gasteiger partial charge in [0.15, 0.2) is 0 Å². The highest BCUT2D eigenvalue weighted by Gasteiger charge is 2.23. The summed E-state index contributed by atoms with van der Waals surface area (Å²) in [6.07, 6.45) is 20.8. The fraction of sp³-hybridized carbons (Fsp3) is 0.576. The molecule has 2 aliphatic rings. The summed E-state index contributed by atoms with van der Waals surface area (Å²) in [5.41, 5.74) is 5.53. The number of rotatable bonds is 11. The van der Waals surface area contributed by atoms with E-state index >= 15 is 0 Å². The largest absolute Gasteiger partial charge is 0.374 e. The van der Waals surface area contributed by atoms with Crippen LogP contribution >= 0.6 is 0 Å². The number of allylic oxidation sites excluding steroid dienone is 1. The van der Waals surface area contributed by atoms with E-state index in [1.54, 1.807) is 0 Å². The highest BCUT2D eigenvalue weighted by molar-refractivity contribution is 5.64. The molecule has 0 heterocycles. The maximum Gasteiger partial charge on any atom is 0.0756 e. The molecule has 0 amide bonds. The molecular weight excluding hydrogens is 412 g/mol. The van der Waals surface area contributed by atoms with Crippen molar-refractivity contribution in [2.75, 3.05) is 6.61 Å². The van der Waals surface area contributed by atoms with Crippen molar-refractivity contribution in [3.63, 3.8) is 0 Å². The number of benzene rings is 2. The van der Waals surface area contributed by atoms with Gasteiger partial charge in [-0.25, -0.2) is 0 Å². The molecule has 1 nitrogen and oxygen atoms in total. The van der Waals surface area contributed by atoms with E-state index in [0.29, 0.717) is 12.0 Å². The van der Waals surface area contributed by atoms with E-state index in [2.05, 4.69) is 74.5 Å². The molecule has 1 heteroatoms. The molecule has 2 aromatic rings. The lowest BCUT2D eigenvalue weighted by atomic mass is 9.80. The fourth-order valence-corrected chi connectivity index (χ4v) is 5.93. The van der Waals surface area contributed by atoms with Gasteiger partial charge in [-0.3, -0.25) is 0 Å². The predicted molar refractivity (Wildman–Crippen MR) is 146 cm³/mol. The second kappa shape index (κ2) is 13.3. The van der Waals surface area contributed by atoms with Crippen LogP contribution in [0.1, 0.15) is 102 Å². The van der Waals surface area contributed by atoms with Crippen molar-refractivity contribution in [3.8, 4) is 11.1 Å². The minimum Gasteiger partial charge on any atom is -0.374 e. The van der Waals surface area contributed by atoms with Crippen LogP contribution in [-0.4, -0.2) is 12.7 Å². The van der Waals surface area contributed by atoms with Gasteiger partial charge in [-0.15, -0.1) is 0 Å². The van der Waals surface area contributed by atoms with Crippen molar-refractivity contribution in [1.29, 1.82) is 0 Å². The quantitative estimate of drug-likeness (QED) is 0.240. The van der Waals surface area contributed by atoms with Crippen LogP contribution in [-0.2, 0) is 11.2 Å². The standard InChI is InChI=1S/C33H46O/c1-3-5-6-8-27-13-15-29(16-14-27)30-17-19-31(20-18-30)32-21-23-33(24-22-32)34-25-28-11-9-26(7-4-2)10-12-28/h13-21,23,26,28,32-33H,3-12,22,24-25H2,1-2H3. The zero-order valence-corrected chi connectivity index (χ0v) is 21.7. The maximum atomic E-state index is 6.33. The molecule has 0 saturated heterocycles. The lowest BCUT2D eigenvalue weighted by Crippen LogP contribution is -2.23. The lowest BCUT2D eigenvalue weighted by Gasteiger charge is -2.30. The van der Waals surface area contributed by atoms with Gasteiger partial charge in [0.05, 0.1) is 12.7 Å². The van der Waals surface area contributed by atoms with E-state index < -0.39 is 0 Å². The molecule has 0 spiro atoms. The first-order valence-electron chi connectivity index (χ1n) is 14.2. The summed E-state index contributed by atoms with van der Waals surface area (Å²) in [7, 11) is 0. The van der Waals surface area contributed by atoms with Crippen molar-refractivity contribution in [1.82, 2.24) is 0 Å². The normalized spacial score (nSPS) is 24.9. The molecule has 34 heavy (non-hydrogen) atoms. The van der Waals surface area contributed by atoms with Crippen molar-refractivity contribution < 1.29 is 4.74 Å². The first-order valence-corrected chi connectivity index (χ1v) is 14.2. The van der Waals surface area contributed by atoms with Crippen LogP contribution in [0.2, 0.25) is 0 Å². The third-order valence-corrected chi connectivity index (χ3v) is 8.22. The Kier molecular flexibility index (Phi) is 9.86. The number of hydrogen-bond donors (Lipinski definition) is 0. The Labute approximate surface area is 209 Å². The van der Waals surface area contributed by atoms with Crippen LogP contribution in [0.5, 0.6) is 0 Å². The summed E-state index contributed by atoms with van der Waals surface area (Å²) >= 11 is 0. The van der Waals surface area contributed by atoms with E-state index in [1.165, 1.54) is 92.9 Å². The molecule has 1 fully saturated rings. The second-order valence-corrected chi connectivity index (χ2v) is 10.9. The van der Waals surface area contributed by atoms with Crippen molar-refractivity contribution in [2.24, 2.45) is 11.8 Å². The summed E-state index contributed by atoms with van der Waals surface area (Å²) in [5.74, 6) is 2.30. The van der Waals surface area contributed by atoms with E-state index in [9.17, 15) is 0 Å². The van der Waals surface area contributed by atoms with Gasteiger partial charge in [0, 0.05) is 5.92 Å². The molecule has 0 aromatic heterocycles. The lowest BCUT2D eigenvalue weighted by molar-refractivity contribution is 0.0332. The van der Waals surface area contributed by atoms with E-state index in [4.69, 9.17) is 4.74 Å². The van der Waals surface area contributed by atoms with Crippen molar-refractivity contribution >= 4 is 0 Å². The highest BCUT2D eigenvalue weighted by Crippen LogP contribution is 2.34. The van der Waals surface area contributed by atoms with Crippen LogP contribution in [0.4, 0.5) is 0 Å². The second-order valence-electron chi connectivity index (χ2n) is 10.9. The Hall–Kier alpha value is -1.86. The molecule has 2 aromatic carbocycles. The number of unbranched alkanes of at least 4 members (excludes halogenated alkanes) is 2. The van der Waals surface area contributed by atoms with Crippen LogP contribution in [0, 0.1) is 11.8 Å². The van der Waals surface area contributed by atoms with Crippen molar-refractivity contribution in [2.45, 2.75) is 103 Å². The van der Waals surface area contributed by atoms with Gasteiger partial charge < -0.3 is 4.74 Å². The minimum atomic E-state index is 0.319. The Balaban J connectivity index is 1.23. The average Bonchev–Trinajstić information content (AvgIpc) is 2.89. The van der Waals surface area contributed by atoms with Crippen LogP contribution in [0.25, 0.3) is 11.1 Å². The molecular formula is C33H46O. The zero-order valence-electron chi connectivity index (χ0n) is 21.7. The topological polar surface area (TPSA) is 9.23 Å². The fourth-order valence-electron chi connectivity index (χ4n) is 5.93. The molecule has 2 atom stereocenters. The first kappa shape index (κ1) is 25.2. The third kappa shape index (κ3) is 7.32. The molecule has 0 N–H and O–H groups in total. The Morgan fingerprint density at radius 3 is 1.97 bits per heavy atom. The third-order valence-electron chi connectivity index (χ3n) is 8.22. The molecule has 1 saturated carbocycles. The monoisotopic (exact) mass is 458 g/mol. The Bertz CT molecular complexity index is 854. The van der Waals surface area contributed by atoms with Gasteiger partial charge in [0.1, 0.15) is 0 Å². The van der Waals surface area contributed by atoms with E-state index in [1.807, 2.05) is 0 Å². The van der Waals surface area contributed by atoms with Crippen molar-refractivity contribution in [3.05, 3.63) is 71.8 Å². The molecule has 2 unspecified atom stereocenters. The summed E-state index contributed by atoms with van der Waals surface area (Å²) in [6.45, 7) is 5.55. The van der Waals surface area contributed by atoms with Crippen LogP contribution in [0.15, 0.2) is 60.7 Å². The highest BCUT2D eigenvalue weighted by atomic mass is 16.5. The SMILES string of the molecule is CCCCCc1ccc(-c2ccc(C3C=CC(OCC4CCC(CCC)CC4)CC3)cc2)cc1. The molecule has 0 bridgehead atoms. The molecule has 0 aliphatic heterocycles. The zero-order chi connectivity index (χ0) is 23.6. The molecule has 2 aliphatic carbocycles.